The number of rotatable bonds is 5. The Labute approximate surface area is 160 Å². The molecule has 0 bridgehead atoms. The van der Waals surface area contributed by atoms with Crippen LogP contribution in [0.3, 0.4) is 0 Å². The van der Waals surface area contributed by atoms with Crippen molar-refractivity contribution in [1.29, 1.82) is 0 Å². The number of aromatic nitrogens is 2. The summed E-state index contributed by atoms with van der Waals surface area (Å²) in [5.74, 6) is 0.181. The summed E-state index contributed by atoms with van der Waals surface area (Å²) in [6.07, 6.45) is 0.665. The molecule has 2 aromatic rings. The lowest BCUT2D eigenvalue weighted by Crippen LogP contribution is -2.18. The van der Waals surface area contributed by atoms with Crippen molar-refractivity contribution < 1.29 is 23.1 Å². The molecule has 1 aliphatic rings. The van der Waals surface area contributed by atoms with Gasteiger partial charge in [0.2, 0.25) is 0 Å². The molecule has 0 spiro atoms. The average molecular weight is 446 g/mol. The molecule has 0 amide bonds. The lowest BCUT2D eigenvalue weighted by atomic mass is 10.0. The Hall–Kier alpha value is -2.14. The monoisotopic (exact) mass is 445 g/mol. The predicted molar refractivity (Wildman–Crippen MR) is 94.6 cm³/mol. The van der Waals surface area contributed by atoms with Crippen LogP contribution in [0.2, 0.25) is 0 Å². The van der Waals surface area contributed by atoms with Gasteiger partial charge in [-0.15, -0.1) is 3.89 Å². The summed E-state index contributed by atoms with van der Waals surface area (Å²) in [5, 5.41) is 14.6. The first-order valence-electron chi connectivity index (χ1n) is 7.63. The number of nitro groups is 1. The Morgan fingerprint density at radius 2 is 2.12 bits per heavy atom. The van der Waals surface area contributed by atoms with Gasteiger partial charge >= 0.3 is 6.16 Å². The largest absolute Gasteiger partial charge is 0.514 e. The van der Waals surface area contributed by atoms with Crippen LogP contribution in [-0.4, -0.2) is 26.4 Å². The van der Waals surface area contributed by atoms with Gasteiger partial charge in [-0.1, -0.05) is 0 Å². The van der Waals surface area contributed by atoms with Crippen molar-refractivity contribution in [3.05, 3.63) is 50.7 Å². The highest BCUT2D eigenvalue weighted by molar-refractivity contribution is 9.10. The molecule has 138 valence electrons. The highest BCUT2D eigenvalue weighted by Gasteiger charge is 2.32. The SMILES string of the molecule is O=C(Oc1ccc([N+](=O)[O-])cc1)OC1CCC(c2cc(Br)nn2SF)C1. The lowest BCUT2D eigenvalue weighted by Gasteiger charge is -2.13. The van der Waals surface area contributed by atoms with E-state index in [1.807, 2.05) is 0 Å². The second kappa shape index (κ2) is 8.04. The lowest BCUT2D eigenvalue weighted by molar-refractivity contribution is -0.384. The zero-order chi connectivity index (χ0) is 18.7. The second-order valence-corrected chi connectivity index (χ2v) is 6.98. The van der Waals surface area contributed by atoms with Crippen LogP contribution >= 0.6 is 28.3 Å². The summed E-state index contributed by atoms with van der Waals surface area (Å²) in [4.78, 5) is 21.9. The number of hydrogen-bond acceptors (Lipinski definition) is 7. The summed E-state index contributed by atoms with van der Waals surface area (Å²) in [5.41, 5.74) is 0.622. The van der Waals surface area contributed by atoms with E-state index < -0.39 is 11.1 Å². The number of nitro benzene ring substituents is 1. The van der Waals surface area contributed by atoms with Crippen molar-refractivity contribution >= 4 is 40.1 Å². The molecule has 1 heterocycles. The summed E-state index contributed by atoms with van der Waals surface area (Å²) in [6.45, 7) is 0. The van der Waals surface area contributed by atoms with E-state index in [2.05, 4.69) is 21.0 Å². The Morgan fingerprint density at radius 3 is 2.77 bits per heavy atom. The number of nitrogens with zero attached hydrogens (tertiary/aromatic N) is 3. The topological polar surface area (TPSA) is 96.5 Å². The highest BCUT2D eigenvalue weighted by Crippen LogP contribution is 2.38. The van der Waals surface area contributed by atoms with Gasteiger partial charge in [-0.3, -0.25) is 10.1 Å². The fraction of sp³-hybridized carbons (Fsp3) is 0.333. The maximum Gasteiger partial charge on any atom is 0.514 e. The fourth-order valence-electron chi connectivity index (χ4n) is 2.89. The standard InChI is InChI=1S/C15H13BrFN3O5S/c16-14-8-13(19(18-14)26-17)9-1-4-12(7-9)25-15(21)24-11-5-2-10(3-6-11)20(22)23/h2-3,5-6,8-9,12H,1,4,7H2. The third-order valence-corrected chi connectivity index (χ3v) is 4.86. The second-order valence-electron chi connectivity index (χ2n) is 5.69. The van der Waals surface area contributed by atoms with E-state index in [1.54, 1.807) is 6.07 Å². The molecule has 1 saturated carbocycles. The van der Waals surface area contributed by atoms with Crippen LogP contribution in [-0.2, 0) is 4.74 Å². The number of carbonyl (C=O) groups is 1. The zero-order valence-electron chi connectivity index (χ0n) is 13.2. The van der Waals surface area contributed by atoms with Gasteiger partial charge in [-0.05, 0) is 53.4 Å². The summed E-state index contributed by atoms with van der Waals surface area (Å²) in [6, 6.07) is 6.87. The first kappa shape index (κ1) is 18.6. The van der Waals surface area contributed by atoms with E-state index in [0.29, 0.717) is 17.4 Å². The number of non-ortho nitro benzene ring substituents is 1. The van der Waals surface area contributed by atoms with E-state index in [4.69, 9.17) is 9.47 Å². The van der Waals surface area contributed by atoms with Crippen LogP contribution in [0.5, 0.6) is 5.75 Å². The number of ether oxygens (including phenoxy) is 2. The number of benzene rings is 1. The molecule has 3 rings (SSSR count). The number of hydrogen-bond donors (Lipinski definition) is 0. The van der Waals surface area contributed by atoms with Crippen LogP contribution in [0.4, 0.5) is 14.4 Å². The van der Waals surface area contributed by atoms with E-state index in [0.717, 1.165) is 12.1 Å². The van der Waals surface area contributed by atoms with Crippen molar-refractivity contribution in [2.45, 2.75) is 31.3 Å². The van der Waals surface area contributed by atoms with Crippen LogP contribution in [0.25, 0.3) is 0 Å². The first-order valence-corrected chi connectivity index (χ1v) is 9.10. The summed E-state index contributed by atoms with van der Waals surface area (Å²) in [7, 11) is 0. The molecule has 1 aromatic carbocycles. The van der Waals surface area contributed by atoms with Crippen molar-refractivity contribution in [2.24, 2.45) is 0 Å². The van der Waals surface area contributed by atoms with Gasteiger partial charge in [0.05, 0.1) is 10.6 Å². The predicted octanol–water partition coefficient (Wildman–Crippen LogP) is 4.79. The van der Waals surface area contributed by atoms with E-state index >= 15 is 0 Å². The van der Waals surface area contributed by atoms with Crippen molar-refractivity contribution in [3.63, 3.8) is 0 Å². The Kier molecular flexibility index (Phi) is 5.77. The van der Waals surface area contributed by atoms with Gasteiger partial charge in [0.15, 0.2) is 12.3 Å². The quantitative estimate of drug-likeness (QED) is 0.282. The van der Waals surface area contributed by atoms with Crippen molar-refractivity contribution in [3.8, 4) is 5.75 Å². The molecular weight excluding hydrogens is 433 g/mol. The molecule has 11 heteroatoms. The third-order valence-electron chi connectivity index (χ3n) is 4.05. The minimum atomic E-state index is -0.876. The molecule has 8 nitrogen and oxygen atoms in total. The molecule has 0 saturated heterocycles. The van der Waals surface area contributed by atoms with E-state index in [1.165, 1.54) is 28.4 Å². The molecule has 0 aliphatic heterocycles. The molecule has 2 unspecified atom stereocenters. The Bertz CT molecular complexity index is 816. The zero-order valence-corrected chi connectivity index (χ0v) is 15.6. The van der Waals surface area contributed by atoms with Gasteiger partial charge < -0.3 is 9.47 Å². The summed E-state index contributed by atoms with van der Waals surface area (Å²) >= 11 is 3.24. The van der Waals surface area contributed by atoms with Crippen LogP contribution in [0.1, 0.15) is 30.9 Å². The Morgan fingerprint density at radius 1 is 1.38 bits per heavy atom. The minimum Gasteiger partial charge on any atom is -0.431 e. The normalized spacial score (nSPS) is 19.3. The molecule has 0 radical (unpaired) electrons. The smallest absolute Gasteiger partial charge is 0.431 e. The van der Waals surface area contributed by atoms with Gasteiger partial charge in [0.1, 0.15) is 16.5 Å². The van der Waals surface area contributed by atoms with Crippen LogP contribution in [0.15, 0.2) is 34.9 Å². The van der Waals surface area contributed by atoms with E-state index in [9.17, 15) is 18.8 Å². The Balaban J connectivity index is 1.54. The molecular formula is C15H13BrFN3O5S. The summed E-state index contributed by atoms with van der Waals surface area (Å²) < 4.78 is 25.0. The van der Waals surface area contributed by atoms with Gasteiger partial charge in [-0.2, -0.15) is 9.19 Å². The molecule has 1 aliphatic carbocycles. The van der Waals surface area contributed by atoms with Crippen molar-refractivity contribution in [1.82, 2.24) is 9.19 Å². The number of carbonyl (C=O) groups excluding carboxylic acids is 1. The molecule has 2 atom stereocenters. The van der Waals surface area contributed by atoms with Gasteiger partial charge in [-0.25, -0.2) is 4.79 Å². The van der Waals surface area contributed by atoms with Gasteiger partial charge in [0.25, 0.3) is 5.69 Å². The minimum absolute atomic E-state index is 0.0183. The number of halogens is 2. The molecule has 26 heavy (non-hydrogen) atoms. The van der Waals surface area contributed by atoms with E-state index in [-0.39, 0.29) is 35.8 Å². The highest BCUT2D eigenvalue weighted by atomic mass is 79.9. The van der Waals surface area contributed by atoms with Crippen molar-refractivity contribution in [2.75, 3.05) is 0 Å². The third kappa shape index (κ3) is 4.33. The maximum atomic E-state index is 12.9. The molecule has 1 aromatic heterocycles. The van der Waals surface area contributed by atoms with Gasteiger partial charge in [0, 0.05) is 18.1 Å². The molecule has 0 N–H and O–H groups in total. The first-order chi connectivity index (χ1) is 12.5. The van der Waals surface area contributed by atoms with Crippen LogP contribution in [0, 0.1) is 10.1 Å². The maximum absolute atomic E-state index is 12.9. The van der Waals surface area contributed by atoms with Crippen LogP contribution < -0.4 is 4.74 Å². The molecule has 1 fully saturated rings. The fourth-order valence-corrected chi connectivity index (χ4v) is 3.79. The average Bonchev–Trinajstić information content (AvgIpc) is 3.21.